The molecule has 0 saturated carbocycles. The fourth-order valence-electron chi connectivity index (χ4n) is 2.18. The third kappa shape index (κ3) is 3.04. The van der Waals surface area contributed by atoms with Gasteiger partial charge in [0, 0.05) is 18.1 Å². The van der Waals surface area contributed by atoms with Crippen molar-refractivity contribution in [3.8, 4) is 0 Å². The monoisotopic (exact) mass is 415 g/mol. The van der Waals surface area contributed by atoms with Crippen LogP contribution in [0.4, 0.5) is 23.2 Å². The molecule has 1 aromatic heterocycles. The number of aromatic nitrogens is 2. The van der Waals surface area contributed by atoms with Crippen LogP contribution in [0.3, 0.4) is 0 Å². The molecule has 0 fully saturated rings. The molecule has 128 valence electrons. The quantitative estimate of drug-likeness (QED) is 0.756. The average Bonchev–Trinajstić information content (AvgIpc) is 2.55. The minimum atomic E-state index is -4.84. The molecule has 1 aliphatic rings. The lowest BCUT2D eigenvalue weighted by molar-refractivity contribution is -0.139. The number of rotatable bonds is 2. The molecule has 0 saturated heterocycles. The largest absolute Gasteiger partial charge is 0.419 e. The number of allylic oxidation sites excluding steroid dienone is 2. The zero-order chi connectivity index (χ0) is 18.4. The van der Waals surface area contributed by atoms with E-state index in [0.29, 0.717) is 12.1 Å². The molecule has 0 aliphatic heterocycles. The lowest BCUT2D eigenvalue weighted by atomic mass is 10.0. The topological polar surface area (TPSA) is 72.0 Å². The molecule has 0 unspecified atom stereocenters. The summed E-state index contributed by atoms with van der Waals surface area (Å²) in [5.74, 6) is -2.84. The number of carbonyl (C=O) groups excluding carboxylic acids is 2. The van der Waals surface area contributed by atoms with Crippen LogP contribution in [-0.2, 0) is 6.18 Å². The second kappa shape index (κ2) is 6.03. The molecule has 10 heteroatoms. The van der Waals surface area contributed by atoms with Crippen molar-refractivity contribution in [1.82, 2.24) is 9.97 Å². The van der Waals surface area contributed by atoms with Gasteiger partial charge in [0.15, 0.2) is 0 Å². The fraction of sp³-hybridized carbons (Fsp3) is 0.0667. The van der Waals surface area contributed by atoms with Gasteiger partial charge in [-0.3, -0.25) is 9.59 Å². The summed E-state index contributed by atoms with van der Waals surface area (Å²) in [7, 11) is 0. The Balaban J connectivity index is 1.98. The summed E-state index contributed by atoms with van der Waals surface area (Å²) in [4.78, 5) is 32.2. The summed E-state index contributed by atoms with van der Waals surface area (Å²) in [6.45, 7) is 0. The average molecular weight is 416 g/mol. The molecule has 2 aromatic rings. The predicted octanol–water partition coefficient (Wildman–Crippen LogP) is 3.73. The second-order valence-corrected chi connectivity index (χ2v) is 5.71. The highest BCUT2D eigenvalue weighted by Crippen LogP contribution is 2.33. The normalized spacial score (nSPS) is 14.6. The first-order valence-electron chi connectivity index (χ1n) is 6.64. The minimum absolute atomic E-state index is 0.133. The van der Waals surface area contributed by atoms with Crippen LogP contribution in [0.25, 0.3) is 0 Å². The van der Waals surface area contributed by atoms with Gasteiger partial charge in [-0.1, -0.05) is 0 Å². The zero-order valence-corrected chi connectivity index (χ0v) is 13.6. The van der Waals surface area contributed by atoms with Crippen molar-refractivity contribution < 1.29 is 27.2 Å². The minimum Gasteiger partial charge on any atom is -0.351 e. The van der Waals surface area contributed by atoms with Crippen LogP contribution in [0.15, 0.2) is 40.8 Å². The maximum Gasteiger partial charge on any atom is 0.419 e. The van der Waals surface area contributed by atoms with Crippen LogP contribution >= 0.6 is 15.9 Å². The third-order valence-corrected chi connectivity index (χ3v) is 4.07. The number of halogens is 5. The number of ketones is 2. The maximum absolute atomic E-state index is 13.6. The summed E-state index contributed by atoms with van der Waals surface area (Å²) < 4.78 is 51.2. The number of fused-ring (bicyclic) bond motifs is 1. The molecule has 0 atom stereocenters. The van der Waals surface area contributed by atoms with Crippen LogP contribution in [0.1, 0.15) is 26.5 Å². The summed E-state index contributed by atoms with van der Waals surface area (Å²) >= 11 is 2.96. The zero-order valence-electron chi connectivity index (χ0n) is 12.0. The Bertz CT molecular complexity index is 941. The summed E-state index contributed by atoms with van der Waals surface area (Å²) in [6.07, 6.45) is -2.37. The predicted molar refractivity (Wildman–Crippen MR) is 81.7 cm³/mol. The van der Waals surface area contributed by atoms with Gasteiger partial charge in [-0.25, -0.2) is 14.4 Å². The summed E-state index contributed by atoms with van der Waals surface area (Å²) in [5.41, 5.74) is -2.19. The van der Waals surface area contributed by atoms with Gasteiger partial charge in [-0.15, -0.1) is 0 Å². The molecule has 1 heterocycles. The Morgan fingerprint density at radius 2 is 1.60 bits per heavy atom. The highest BCUT2D eigenvalue weighted by Gasteiger charge is 2.35. The van der Waals surface area contributed by atoms with Crippen molar-refractivity contribution in [1.29, 1.82) is 0 Å². The number of carbonyl (C=O) groups is 2. The molecule has 1 aromatic carbocycles. The van der Waals surface area contributed by atoms with Crippen molar-refractivity contribution in [3.63, 3.8) is 0 Å². The SMILES string of the molecule is O=C1C(Br)=C(Nc2ccc(C(F)(F)F)c(F)c2)C(=O)c2nccnc21. The van der Waals surface area contributed by atoms with E-state index in [0.717, 1.165) is 6.07 Å². The van der Waals surface area contributed by atoms with Crippen LogP contribution in [-0.4, -0.2) is 21.5 Å². The molecule has 1 N–H and O–H groups in total. The highest BCUT2D eigenvalue weighted by molar-refractivity contribution is 9.12. The lowest BCUT2D eigenvalue weighted by Gasteiger charge is -2.18. The molecule has 5 nitrogen and oxygen atoms in total. The first-order chi connectivity index (χ1) is 11.7. The number of anilines is 1. The number of Topliss-reactive ketones (excluding diaryl/α,β-unsaturated/α-hetero) is 2. The number of nitrogens with zero attached hydrogens (tertiary/aromatic N) is 2. The first-order valence-corrected chi connectivity index (χ1v) is 7.43. The summed E-state index contributed by atoms with van der Waals surface area (Å²) in [6, 6.07) is 2.07. The Hall–Kier alpha value is -2.62. The Morgan fingerprint density at radius 3 is 2.16 bits per heavy atom. The van der Waals surface area contributed by atoms with Crippen LogP contribution in [0, 0.1) is 5.82 Å². The van der Waals surface area contributed by atoms with E-state index in [4.69, 9.17) is 0 Å². The van der Waals surface area contributed by atoms with E-state index in [-0.39, 0.29) is 27.3 Å². The van der Waals surface area contributed by atoms with E-state index in [1.807, 2.05) is 0 Å². The van der Waals surface area contributed by atoms with E-state index in [1.54, 1.807) is 0 Å². The molecule has 0 amide bonds. The van der Waals surface area contributed by atoms with E-state index in [1.165, 1.54) is 12.4 Å². The summed E-state index contributed by atoms with van der Waals surface area (Å²) in [5, 5.41) is 2.46. The van der Waals surface area contributed by atoms with Gasteiger partial charge in [-0.05, 0) is 34.1 Å². The fourth-order valence-corrected chi connectivity index (χ4v) is 2.65. The molecule has 0 bridgehead atoms. The lowest BCUT2D eigenvalue weighted by Crippen LogP contribution is -2.26. The van der Waals surface area contributed by atoms with Gasteiger partial charge >= 0.3 is 6.18 Å². The van der Waals surface area contributed by atoms with Gasteiger partial charge in [-0.2, -0.15) is 13.2 Å². The Morgan fingerprint density at radius 1 is 1.00 bits per heavy atom. The van der Waals surface area contributed by atoms with Crippen molar-refractivity contribution in [3.05, 3.63) is 63.5 Å². The number of benzene rings is 1. The smallest absolute Gasteiger partial charge is 0.351 e. The van der Waals surface area contributed by atoms with E-state index in [9.17, 15) is 27.2 Å². The van der Waals surface area contributed by atoms with E-state index >= 15 is 0 Å². The van der Waals surface area contributed by atoms with Crippen LogP contribution in [0.2, 0.25) is 0 Å². The molecular formula is C15H6BrF4N3O2. The molecule has 25 heavy (non-hydrogen) atoms. The molecule has 0 spiro atoms. The van der Waals surface area contributed by atoms with Crippen molar-refractivity contribution in [2.45, 2.75) is 6.18 Å². The maximum atomic E-state index is 13.6. The molecular weight excluding hydrogens is 410 g/mol. The standard InChI is InChI=1S/C15H6BrF4N3O2/c16-9-10(14(25)12-11(13(9)24)21-3-4-22-12)23-6-1-2-7(8(17)5-6)15(18,19)20/h1-5,23H. The Kier molecular flexibility index (Phi) is 4.15. The van der Waals surface area contributed by atoms with Gasteiger partial charge in [0.2, 0.25) is 11.6 Å². The van der Waals surface area contributed by atoms with Crippen molar-refractivity contribution in [2.75, 3.05) is 5.32 Å². The van der Waals surface area contributed by atoms with E-state index < -0.39 is 29.1 Å². The Labute approximate surface area is 145 Å². The number of hydrogen-bond donors (Lipinski definition) is 1. The van der Waals surface area contributed by atoms with Gasteiger partial charge in [0.1, 0.15) is 22.9 Å². The number of nitrogens with one attached hydrogen (secondary N) is 1. The number of alkyl halides is 3. The van der Waals surface area contributed by atoms with Crippen LogP contribution in [0.5, 0.6) is 0 Å². The van der Waals surface area contributed by atoms with Gasteiger partial charge < -0.3 is 5.32 Å². The van der Waals surface area contributed by atoms with Crippen molar-refractivity contribution in [2.24, 2.45) is 0 Å². The highest BCUT2D eigenvalue weighted by atomic mass is 79.9. The van der Waals surface area contributed by atoms with Gasteiger partial charge in [0.05, 0.1) is 10.0 Å². The molecule has 3 rings (SSSR count). The van der Waals surface area contributed by atoms with Crippen molar-refractivity contribution >= 4 is 33.2 Å². The molecule has 1 aliphatic carbocycles. The first kappa shape index (κ1) is 17.2. The van der Waals surface area contributed by atoms with Gasteiger partial charge in [0.25, 0.3) is 0 Å². The third-order valence-electron chi connectivity index (χ3n) is 3.32. The van der Waals surface area contributed by atoms with E-state index in [2.05, 4.69) is 31.2 Å². The molecule has 0 radical (unpaired) electrons. The second-order valence-electron chi connectivity index (χ2n) is 4.92. The van der Waals surface area contributed by atoms with Crippen LogP contribution < -0.4 is 5.32 Å². The number of hydrogen-bond acceptors (Lipinski definition) is 5.